The fourth-order valence-electron chi connectivity index (χ4n) is 2.13. The van der Waals surface area contributed by atoms with Crippen molar-refractivity contribution < 1.29 is 8.78 Å². The minimum atomic E-state index is -1.05. The predicted molar refractivity (Wildman–Crippen MR) is 74.4 cm³/mol. The molecule has 0 atom stereocenters. The summed E-state index contributed by atoms with van der Waals surface area (Å²) in [6.07, 6.45) is 0.915. The lowest BCUT2D eigenvalue weighted by Crippen LogP contribution is -2.28. The average molecular weight is 282 g/mol. The second-order valence-corrected chi connectivity index (χ2v) is 7.02. The number of nitrogens with zero attached hydrogens (tertiary/aromatic N) is 2. The quantitative estimate of drug-likeness (QED) is 0.788. The number of hydrogen-bond acceptors (Lipinski definition) is 3. The fourth-order valence-corrected chi connectivity index (χ4v) is 3.23. The fraction of sp³-hybridized carbons (Fsp3) is 0.500. The van der Waals surface area contributed by atoms with E-state index in [1.165, 1.54) is 12.1 Å². The summed E-state index contributed by atoms with van der Waals surface area (Å²) in [5.74, 6) is -1.08. The molecule has 0 aromatic heterocycles. The van der Waals surface area contributed by atoms with Gasteiger partial charge in [0.05, 0.1) is 11.3 Å². The van der Waals surface area contributed by atoms with Crippen LogP contribution in [-0.4, -0.2) is 23.6 Å². The normalized spacial score (nSPS) is 18.8. The first-order valence-electron chi connectivity index (χ1n) is 6.21. The van der Waals surface area contributed by atoms with Crippen molar-refractivity contribution in [3.05, 3.63) is 29.3 Å². The number of anilines is 1. The van der Waals surface area contributed by atoms with E-state index in [1.54, 1.807) is 6.07 Å². The number of rotatable bonds is 1. The van der Waals surface area contributed by atoms with Gasteiger partial charge in [-0.25, -0.2) is 8.78 Å². The van der Waals surface area contributed by atoms with Gasteiger partial charge in [-0.05, 0) is 18.6 Å². The van der Waals surface area contributed by atoms with Crippen LogP contribution in [0, 0.1) is 23.0 Å². The Morgan fingerprint density at radius 1 is 1.26 bits per heavy atom. The van der Waals surface area contributed by atoms with Gasteiger partial charge in [0.2, 0.25) is 0 Å². The molecule has 1 fully saturated rings. The maximum Gasteiger partial charge on any atom is 0.183 e. The molecule has 1 aromatic carbocycles. The summed E-state index contributed by atoms with van der Waals surface area (Å²) in [7, 11) is 0. The van der Waals surface area contributed by atoms with Crippen LogP contribution in [-0.2, 0) is 0 Å². The van der Waals surface area contributed by atoms with Crippen LogP contribution in [0.25, 0.3) is 0 Å². The minimum Gasteiger partial charge on any atom is -0.368 e. The maximum absolute atomic E-state index is 14.0. The van der Waals surface area contributed by atoms with Gasteiger partial charge in [0, 0.05) is 23.6 Å². The summed E-state index contributed by atoms with van der Waals surface area (Å²) < 4.78 is 27.8. The third-order valence-electron chi connectivity index (χ3n) is 3.36. The van der Waals surface area contributed by atoms with Crippen molar-refractivity contribution in [3.63, 3.8) is 0 Å². The van der Waals surface area contributed by atoms with Crippen LogP contribution in [0.1, 0.15) is 25.8 Å². The van der Waals surface area contributed by atoms with Crippen molar-refractivity contribution in [3.8, 4) is 6.07 Å². The first-order chi connectivity index (χ1) is 8.94. The Bertz CT molecular complexity index is 523. The molecule has 0 N–H and O–H groups in total. The van der Waals surface area contributed by atoms with Crippen LogP contribution in [0.5, 0.6) is 0 Å². The Morgan fingerprint density at radius 3 is 2.68 bits per heavy atom. The highest BCUT2D eigenvalue weighted by molar-refractivity contribution is 8.00. The lowest BCUT2D eigenvalue weighted by molar-refractivity contribution is 0.503. The number of hydrogen-bond donors (Lipinski definition) is 0. The Labute approximate surface area is 116 Å². The molecule has 1 aromatic rings. The van der Waals surface area contributed by atoms with Crippen LogP contribution in [0.3, 0.4) is 0 Å². The van der Waals surface area contributed by atoms with E-state index in [0.29, 0.717) is 13.1 Å². The van der Waals surface area contributed by atoms with Gasteiger partial charge in [0.25, 0.3) is 0 Å². The molecule has 5 heteroatoms. The highest BCUT2D eigenvalue weighted by Crippen LogP contribution is 2.33. The van der Waals surface area contributed by atoms with E-state index in [9.17, 15) is 8.78 Å². The molecule has 0 spiro atoms. The molecule has 0 bridgehead atoms. The average Bonchev–Trinajstić information content (AvgIpc) is 2.54. The largest absolute Gasteiger partial charge is 0.368 e. The number of nitriles is 1. The van der Waals surface area contributed by atoms with E-state index in [-0.39, 0.29) is 16.0 Å². The van der Waals surface area contributed by atoms with Crippen molar-refractivity contribution in [1.82, 2.24) is 0 Å². The SMILES string of the molecule is CC1(C)CCN(c2ccc(C#N)c(F)c2F)CCS1. The van der Waals surface area contributed by atoms with Gasteiger partial charge in [-0.15, -0.1) is 0 Å². The zero-order valence-corrected chi connectivity index (χ0v) is 11.9. The molecule has 19 heavy (non-hydrogen) atoms. The topological polar surface area (TPSA) is 27.0 Å². The Morgan fingerprint density at radius 2 is 2.00 bits per heavy atom. The van der Waals surface area contributed by atoms with Crippen molar-refractivity contribution in [2.24, 2.45) is 0 Å². The predicted octanol–water partition coefficient (Wildman–Crippen LogP) is 3.56. The first-order valence-corrected chi connectivity index (χ1v) is 7.20. The first kappa shape index (κ1) is 14.1. The molecular formula is C14H16F2N2S. The Kier molecular flexibility index (Phi) is 4.00. The zero-order chi connectivity index (χ0) is 14.0. The zero-order valence-electron chi connectivity index (χ0n) is 11.0. The highest BCUT2D eigenvalue weighted by atomic mass is 32.2. The lowest BCUT2D eigenvalue weighted by atomic mass is 10.1. The summed E-state index contributed by atoms with van der Waals surface area (Å²) in [6.45, 7) is 5.71. The molecule has 1 saturated heterocycles. The lowest BCUT2D eigenvalue weighted by Gasteiger charge is -2.24. The van der Waals surface area contributed by atoms with E-state index in [2.05, 4.69) is 13.8 Å². The van der Waals surface area contributed by atoms with E-state index in [4.69, 9.17) is 5.26 Å². The van der Waals surface area contributed by atoms with Gasteiger partial charge in [0.15, 0.2) is 11.6 Å². The van der Waals surface area contributed by atoms with E-state index >= 15 is 0 Å². The van der Waals surface area contributed by atoms with Gasteiger partial charge in [-0.2, -0.15) is 17.0 Å². The van der Waals surface area contributed by atoms with Crippen LogP contribution in [0.15, 0.2) is 12.1 Å². The summed E-state index contributed by atoms with van der Waals surface area (Å²) >= 11 is 1.85. The molecule has 0 amide bonds. The van der Waals surface area contributed by atoms with Gasteiger partial charge in [-0.1, -0.05) is 13.8 Å². The Hall–Kier alpha value is -1.28. The van der Waals surface area contributed by atoms with E-state index < -0.39 is 11.6 Å². The smallest absolute Gasteiger partial charge is 0.183 e. The van der Waals surface area contributed by atoms with Crippen molar-refractivity contribution in [2.75, 3.05) is 23.7 Å². The molecule has 0 unspecified atom stereocenters. The summed E-state index contributed by atoms with van der Waals surface area (Å²) in [5.41, 5.74) is 0.0144. The molecule has 0 saturated carbocycles. The van der Waals surface area contributed by atoms with Crippen molar-refractivity contribution >= 4 is 17.4 Å². The molecule has 1 heterocycles. The minimum absolute atomic E-state index is 0.163. The summed E-state index contributed by atoms with van der Waals surface area (Å²) in [5, 5.41) is 8.68. The molecule has 0 radical (unpaired) electrons. The molecule has 0 aliphatic carbocycles. The Balaban J connectivity index is 2.28. The second-order valence-electron chi connectivity index (χ2n) is 5.22. The highest BCUT2D eigenvalue weighted by Gasteiger charge is 2.26. The number of benzene rings is 1. The third-order valence-corrected chi connectivity index (χ3v) is 4.73. The van der Waals surface area contributed by atoms with Crippen molar-refractivity contribution in [2.45, 2.75) is 25.0 Å². The molecule has 2 nitrogen and oxygen atoms in total. The van der Waals surface area contributed by atoms with E-state index in [1.807, 2.05) is 16.7 Å². The molecular weight excluding hydrogens is 266 g/mol. The van der Waals surface area contributed by atoms with Crippen LogP contribution < -0.4 is 4.90 Å². The number of thioether (sulfide) groups is 1. The summed E-state index contributed by atoms with van der Waals surface area (Å²) in [6, 6.07) is 4.50. The maximum atomic E-state index is 14.0. The molecule has 1 aliphatic rings. The van der Waals surface area contributed by atoms with Crippen LogP contribution in [0.4, 0.5) is 14.5 Å². The van der Waals surface area contributed by atoms with Gasteiger partial charge < -0.3 is 4.90 Å². The van der Waals surface area contributed by atoms with Crippen molar-refractivity contribution in [1.29, 1.82) is 5.26 Å². The van der Waals surface area contributed by atoms with Crippen LogP contribution >= 0.6 is 11.8 Å². The molecule has 1 aliphatic heterocycles. The van der Waals surface area contributed by atoms with Crippen LogP contribution in [0.2, 0.25) is 0 Å². The monoisotopic (exact) mass is 282 g/mol. The summed E-state index contributed by atoms with van der Waals surface area (Å²) in [4.78, 5) is 1.86. The second kappa shape index (κ2) is 5.38. The third kappa shape index (κ3) is 3.01. The van der Waals surface area contributed by atoms with Gasteiger partial charge in [-0.3, -0.25) is 0 Å². The standard InChI is InChI=1S/C14H16F2N2S/c1-14(2)5-6-18(7-8-19-14)11-4-3-10(9-17)12(15)13(11)16/h3-4H,5-8H2,1-2H3. The van der Waals surface area contributed by atoms with E-state index in [0.717, 1.165) is 12.2 Å². The number of halogens is 2. The molecule has 2 rings (SSSR count). The molecule has 102 valence electrons. The van der Waals surface area contributed by atoms with Gasteiger partial charge in [0.1, 0.15) is 6.07 Å². The van der Waals surface area contributed by atoms with Gasteiger partial charge >= 0.3 is 0 Å².